The van der Waals surface area contributed by atoms with Gasteiger partial charge >= 0.3 is 0 Å². The number of aliphatic hydroxyl groups excluding tert-OH is 1. The zero-order valence-electron chi connectivity index (χ0n) is 6.89. The maximum Gasteiger partial charge on any atom is 0.197 e. The summed E-state index contributed by atoms with van der Waals surface area (Å²) in [7, 11) is 0. The lowest BCUT2D eigenvalue weighted by Crippen LogP contribution is -2.01. The van der Waals surface area contributed by atoms with E-state index in [9.17, 15) is 9.90 Å². The Bertz CT molecular complexity index is 192. The zero-order chi connectivity index (χ0) is 8.27. The van der Waals surface area contributed by atoms with E-state index in [1.807, 2.05) is 6.92 Å². The Labute approximate surface area is 66.9 Å². The van der Waals surface area contributed by atoms with Gasteiger partial charge in [0.15, 0.2) is 11.5 Å². The normalized spacial score (nSPS) is 20.3. The van der Waals surface area contributed by atoms with Gasteiger partial charge < -0.3 is 5.11 Å². The van der Waals surface area contributed by atoms with Crippen LogP contribution >= 0.6 is 0 Å². The van der Waals surface area contributed by atoms with Crippen molar-refractivity contribution >= 4 is 5.78 Å². The van der Waals surface area contributed by atoms with Crippen LogP contribution in [0.15, 0.2) is 11.3 Å². The molecule has 0 saturated heterocycles. The third-order valence-electron chi connectivity index (χ3n) is 2.16. The fourth-order valence-electron chi connectivity index (χ4n) is 1.40. The Morgan fingerprint density at radius 2 is 2.00 bits per heavy atom. The maximum atomic E-state index is 11.1. The van der Waals surface area contributed by atoms with Crippen molar-refractivity contribution in [2.75, 3.05) is 0 Å². The van der Waals surface area contributed by atoms with Crippen LogP contribution in [0.5, 0.6) is 0 Å². The van der Waals surface area contributed by atoms with E-state index in [1.165, 1.54) is 0 Å². The van der Waals surface area contributed by atoms with Gasteiger partial charge in [0.1, 0.15) is 0 Å². The molecule has 1 rings (SSSR count). The Kier molecular flexibility index (Phi) is 2.69. The third kappa shape index (κ3) is 1.82. The van der Waals surface area contributed by atoms with Crippen molar-refractivity contribution in [3.05, 3.63) is 11.3 Å². The minimum absolute atomic E-state index is 0.0463. The van der Waals surface area contributed by atoms with Crippen LogP contribution in [0.3, 0.4) is 0 Å². The molecule has 0 heterocycles. The van der Waals surface area contributed by atoms with Crippen molar-refractivity contribution in [3.8, 4) is 0 Å². The Morgan fingerprint density at radius 1 is 1.36 bits per heavy atom. The monoisotopic (exact) mass is 154 g/mol. The summed E-state index contributed by atoms with van der Waals surface area (Å²) in [4.78, 5) is 11.1. The average Bonchev–Trinajstić information content (AvgIpc) is 2.16. The van der Waals surface area contributed by atoms with Gasteiger partial charge in [-0.05, 0) is 31.3 Å². The standard InChI is InChI=1S/C9H14O2/c1-2-7-5-3-4-6-8(10)9(7)11/h11H,2-6H2,1H3. The summed E-state index contributed by atoms with van der Waals surface area (Å²) < 4.78 is 0. The first-order valence-corrected chi connectivity index (χ1v) is 4.20. The van der Waals surface area contributed by atoms with Crippen LogP contribution in [0, 0.1) is 0 Å². The fraction of sp³-hybridized carbons (Fsp3) is 0.667. The molecule has 0 amide bonds. The molecule has 0 fully saturated rings. The molecule has 0 aromatic rings. The van der Waals surface area contributed by atoms with Crippen molar-refractivity contribution in [1.29, 1.82) is 0 Å². The third-order valence-corrected chi connectivity index (χ3v) is 2.16. The number of Topliss-reactive ketones (excluding diaryl/α,β-unsaturated/α-hetero) is 1. The number of hydrogen-bond acceptors (Lipinski definition) is 2. The molecule has 1 N–H and O–H groups in total. The van der Waals surface area contributed by atoms with E-state index >= 15 is 0 Å². The average molecular weight is 154 g/mol. The number of hydrogen-bond donors (Lipinski definition) is 1. The van der Waals surface area contributed by atoms with Crippen LogP contribution < -0.4 is 0 Å². The number of allylic oxidation sites excluding steroid dienone is 2. The number of carbonyl (C=O) groups is 1. The van der Waals surface area contributed by atoms with Gasteiger partial charge in [-0.1, -0.05) is 6.92 Å². The number of ketones is 1. The highest BCUT2D eigenvalue weighted by atomic mass is 16.3. The van der Waals surface area contributed by atoms with Crippen molar-refractivity contribution < 1.29 is 9.90 Å². The second-order valence-corrected chi connectivity index (χ2v) is 2.94. The summed E-state index contributed by atoms with van der Waals surface area (Å²) in [6, 6.07) is 0. The summed E-state index contributed by atoms with van der Waals surface area (Å²) in [6.45, 7) is 1.98. The van der Waals surface area contributed by atoms with E-state index in [0.29, 0.717) is 6.42 Å². The first kappa shape index (κ1) is 8.31. The van der Waals surface area contributed by atoms with Crippen molar-refractivity contribution in [1.82, 2.24) is 0 Å². The molecule has 0 aliphatic heterocycles. The van der Waals surface area contributed by atoms with E-state index in [-0.39, 0.29) is 11.5 Å². The number of carbonyl (C=O) groups excluding carboxylic acids is 1. The zero-order valence-corrected chi connectivity index (χ0v) is 6.89. The van der Waals surface area contributed by atoms with Gasteiger partial charge in [0.05, 0.1) is 0 Å². The first-order valence-electron chi connectivity index (χ1n) is 4.20. The molecule has 11 heavy (non-hydrogen) atoms. The van der Waals surface area contributed by atoms with E-state index < -0.39 is 0 Å². The highest BCUT2D eigenvalue weighted by Gasteiger charge is 2.15. The lowest BCUT2D eigenvalue weighted by molar-refractivity contribution is -0.118. The number of rotatable bonds is 1. The van der Waals surface area contributed by atoms with Crippen LogP contribution in [-0.2, 0) is 4.79 Å². The second kappa shape index (κ2) is 3.56. The van der Waals surface area contributed by atoms with E-state index in [2.05, 4.69) is 0 Å². The predicted molar refractivity (Wildman–Crippen MR) is 43.4 cm³/mol. The van der Waals surface area contributed by atoms with Crippen LogP contribution in [0.25, 0.3) is 0 Å². The van der Waals surface area contributed by atoms with Crippen molar-refractivity contribution in [2.45, 2.75) is 39.0 Å². The molecule has 0 atom stereocenters. The van der Waals surface area contributed by atoms with Crippen LogP contribution in [0.2, 0.25) is 0 Å². The molecule has 0 aromatic carbocycles. The smallest absolute Gasteiger partial charge is 0.197 e. The lowest BCUT2D eigenvalue weighted by atomic mass is 10.1. The topological polar surface area (TPSA) is 37.3 Å². The summed E-state index contributed by atoms with van der Waals surface area (Å²) >= 11 is 0. The molecule has 1 aliphatic rings. The molecular formula is C9H14O2. The minimum atomic E-state index is -0.0700. The van der Waals surface area contributed by atoms with E-state index in [4.69, 9.17) is 0 Å². The molecule has 0 bridgehead atoms. The van der Waals surface area contributed by atoms with Crippen LogP contribution in [-0.4, -0.2) is 10.9 Å². The highest BCUT2D eigenvalue weighted by molar-refractivity contribution is 5.93. The SMILES string of the molecule is CCC1=C(O)C(=O)CCCC1. The second-order valence-electron chi connectivity index (χ2n) is 2.94. The molecule has 0 aromatic heterocycles. The van der Waals surface area contributed by atoms with Crippen molar-refractivity contribution in [3.63, 3.8) is 0 Å². The summed E-state index contributed by atoms with van der Waals surface area (Å²) in [5.74, 6) is -0.0237. The van der Waals surface area contributed by atoms with Crippen LogP contribution in [0.1, 0.15) is 39.0 Å². The van der Waals surface area contributed by atoms with E-state index in [1.54, 1.807) is 0 Å². The fourth-order valence-corrected chi connectivity index (χ4v) is 1.40. The van der Waals surface area contributed by atoms with Gasteiger partial charge in [-0.25, -0.2) is 0 Å². The van der Waals surface area contributed by atoms with Gasteiger partial charge in [-0.2, -0.15) is 0 Å². The molecular weight excluding hydrogens is 140 g/mol. The Hall–Kier alpha value is -0.790. The molecule has 2 nitrogen and oxygen atoms in total. The summed E-state index contributed by atoms with van der Waals surface area (Å²) in [6.07, 6.45) is 4.19. The predicted octanol–water partition coefficient (Wildman–Crippen LogP) is 2.35. The molecule has 0 unspecified atom stereocenters. The molecule has 1 aliphatic carbocycles. The number of aliphatic hydroxyl groups is 1. The Morgan fingerprint density at radius 3 is 2.64 bits per heavy atom. The maximum absolute atomic E-state index is 11.1. The lowest BCUT2D eigenvalue weighted by Gasteiger charge is -2.01. The first-order chi connectivity index (χ1) is 5.25. The molecule has 2 heteroatoms. The van der Waals surface area contributed by atoms with Gasteiger partial charge in [0.25, 0.3) is 0 Å². The minimum Gasteiger partial charge on any atom is -0.504 e. The highest BCUT2D eigenvalue weighted by Crippen LogP contribution is 2.21. The molecule has 0 spiro atoms. The van der Waals surface area contributed by atoms with Gasteiger partial charge in [-0.15, -0.1) is 0 Å². The molecule has 62 valence electrons. The molecule has 0 radical (unpaired) electrons. The van der Waals surface area contributed by atoms with Crippen molar-refractivity contribution in [2.24, 2.45) is 0 Å². The summed E-state index contributed by atoms with van der Waals surface area (Å²) in [5.41, 5.74) is 0.938. The van der Waals surface area contributed by atoms with Gasteiger partial charge in [-0.3, -0.25) is 4.79 Å². The van der Waals surface area contributed by atoms with Crippen LogP contribution in [0.4, 0.5) is 0 Å². The summed E-state index contributed by atoms with van der Waals surface area (Å²) in [5, 5.41) is 9.35. The van der Waals surface area contributed by atoms with E-state index in [0.717, 1.165) is 31.3 Å². The quantitative estimate of drug-likeness (QED) is 0.629. The Balaban J connectivity index is 2.81. The largest absolute Gasteiger partial charge is 0.504 e. The van der Waals surface area contributed by atoms with Gasteiger partial charge in [0, 0.05) is 6.42 Å². The molecule has 0 saturated carbocycles. The van der Waals surface area contributed by atoms with Gasteiger partial charge in [0.2, 0.25) is 0 Å².